The molecule has 112 valence electrons. The molecule has 0 bridgehead atoms. The highest BCUT2D eigenvalue weighted by atomic mass is 16.4. The van der Waals surface area contributed by atoms with E-state index in [4.69, 9.17) is 5.11 Å². The van der Waals surface area contributed by atoms with Crippen LogP contribution in [0.5, 0.6) is 0 Å². The summed E-state index contributed by atoms with van der Waals surface area (Å²) in [5.41, 5.74) is 0.637. The molecule has 9 heteroatoms. The molecule has 2 aromatic rings. The molecule has 5 N–H and O–H groups in total. The summed E-state index contributed by atoms with van der Waals surface area (Å²) in [5, 5.41) is 14.1. The number of carboxylic acids is 1. The zero-order chi connectivity index (χ0) is 15.1. The highest BCUT2D eigenvalue weighted by molar-refractivity contribution is 5.82. The number of aromatic nitrogens is 4. The van der Waals surface area contributed by atoms with Crippen LogP contribution in [0, 0.1) is 0 Å². The van der Waals surface area contributed by atoms with E-state index in [0.29, 0.717) is 18.7 Å². The molecule has 0 saturated carbocycles. The SMILES string of the molecule is O=C(NCCc1ncc[nH]1)N[C@H](Cc1cnc[nH]1)C(=O)O. The number of imidazole rings is 2. The van der Waals surface area contributed by atoms with Gasteiger partial charge < -0.3 is 25.7 Å². The Morgan fingerprint density at radius 3 is 2.86 bits per heavy atom. The number of hydrogen-bond acceptors (Lipinski definition) is 4. The number of carbonyl (C=O) groups is 2. The summed E-state index contributed by atoms with van der Waals surface area (Å²) in [4.78, 5) is 36.3. The number of nitrogens with one attached hydrogen (secondary N) is 4. The fraction of sp³-hybridized carbons (Fsp3) is 0.333. The molecule has 2 heterocycles. The monoisotopic (exact) mass is 292 g/mol. The van der Waals surface area contributed by atoms with E-state index in [2.05, 4.69) is 30.6 Å². The van der Waals surface area contributed by atoms with Crippen molar-refractivity contribution in [3.8, 4) is 0 Å². The maximum absolute atomic E-state index is 11.7. The lowest BCUT2D eigenvalue weighted by atomic mass is 10.2. The van der Waals surface area contributed by atoms with Gasteiger partial charge in [-0.15, -0.1) is 0 Å². The van der Waals surface area contributed by atoms with E-state index in [9.17, 15) is 9.59 Å². The molecule has 2 amide bonds. The third kappa shape index (κ3) is 4.64. The van der Waals surface area contributed by atoms with Gasteiger partial charge >= 0.3 is 12.0 Å². The fourth-order valence-electron chi connectivity index (χ4n) is 1.75. The summed E-state index contributed by atoms with van der Waals surface area (Å²) in [6.45, 7) is 0.357. The van der Waals surface area contributed by atoms with Crippen molar-refractivity contribution < 1.29 is 14.7 Å². The molecule has 0 aliphatic heterocycles. The molecule has 0 fully saturated rings. The minimum atomic E-state index is -1.11. The Labute approximate surface area is 120 Å². The number of urea groups is 1. The second-order valence-electron chi connectivity index (χ2n) is 4.36. The molecular weight excluding hydrogens is 276 g/mol. The molecule has 0 aliphatic carbocycles. The maximum Gasteiger partial charge on any atom is 0.326 e. The van der Waals surface area contributed by atoms with E-state index in [-0.39, 0.29) is 6.42 Å². The highest BCUT2D eigenvalue weighted by Crippen LogP contribution is 1.98. The predicted octanol–water partition coefficient (Wildman–Crippen LogP) is -0.330. The fourth-order valence-corrected chi connectivity index (χ4v) is 1.75. The summed E-state index contributed by atoms with van der Waals surface area (Å²) >= 11 is 0. The van der Waals surface area contributed by atoms with Crippen LogP contribution in [0.15, 0.2) is 24.9 Å². The van der Waals surface area contributed by atoms with Crippen LogP contribution in [0.4, 0.5) is 4.79 Å². The summed E-state index contributed by atoms with van der Waals surface area (Å²) in [7, 11) is 0. The van der Waals surface area contributed by atoms with E-state index in [1.807, 2.05) is 0 Å². The number of nitrogens with zero attached hydrogens (tertiary/aromatic N) is 2. The molecule has 0 aromatic carbocycles. The largest absolute Gasteiger partial charge is 0.480 e. The Kier molecular flexibility index (Phi) is 4.91. The lowest BCUT2D eigenvalue weighted by Crippen LogP contribution is -2.47. The van der Waals surface area contributed by atoms with Crippen molar-refractivity contribution >= 4 is 12.0 Å². The van der Waals surface area contributed by atoms with Crippen LogP contribution in [0.2, 0.25) is 0 Å². The second-order valence-corrected chi connectivity index (χ2v) is 4.36. The summed E-state index contributed by atoms with van der Waals surface area (Å²) in [6.07, 6.45) is 6.98. The van der Waals surface area contributed by atoms with E-state index in [1.54, 1.807) is 12.4 Å². The van der Waals surface area contributed by atoms with Crippen LogP contribution in [0.3, 0.4) is 0 Å². The lowest BCUT2D eigenvalue weighted by Gasteiger charge is -2.14. The van der Waals surface area contributed by atoms with Gasteiger partial charge in [0.15, 0.2) is 0 Å². The van der Waals surface area contributed by atoms with Gasteiger partial charge in [0.25, 0.3) is 0 Å². The molecular formula is C12H16N6O3. The maximum atomic E-state index is 11.7. The third-order valence-corrected chi connectivity index (χ3v) is 2.78. The average Bonchev–Trinajstić information content (AvgIpc) is 3.10. The molecule has 2 rings (SSSR count). The minimum absolute atomic E-state index is 0.140. The van der Waals surface area contributed by atoms with Gasteiger partial charge in [0.2, 0.25) is 0 Å². The number of rotatable bonds is 7. The molecule has 0 radical (unpaired) electrons. The minimum Gasteiger partial charge on any atom is -0.480 e. The smallest absolute Gasteiger partial charge is 0.326 e. The number of H-pyrrole nitrogens is 2. The number of hydrogen-bond donors (Lipinski definition) is 5. The van der Waals surface area contributed by atoms with Crippen LogP contribution < -0.4 is 10.6 Å². The Hall–Kier alpha value is -2.84. The van der Waals surface area contributed by atoms with Gasteiger partial charge in [0, 0.05) is 43.7 Å². The Balaban J connectivity index is 1.76. The molecule has 0 saturated heterocycles. The molecule has 0 aliphatic rings. The van der Waals surface area contributed by atoms with Crippen molar-refractivity contribution in [3.05, 3.63) is 36.4 Å². The van der Waals surface area contributed by atoms with Crippen molar-refractivity contribution in [2.24, 2.45) is 0 Å². The molecule has 0 spiro atoms. The first-order valence-corrected chi connectivity index (χ1v) is 6.38. The number of carbonyl (C=O) groups excluding carboxylic acids is 1. The van der Waals surface area contributed by atoms with Gasteiger partial charge in [0.1, 0.15) is 11.9 Å². The van der Waals surface area contributed by atoms with Gasteiger partial charge in [-0.25, -0.2) is 19.6 Å². The Bertz CT molecular complexity index is 566. The van der Waals surface area contributed by atoms with Crippen LogP contribution in [0.25, 0.3) is 0 Å². The summed E-state index contributed by atoms with van der Waals surface area (Å²) in [6, 6.07) is -1.55. The van der Waals surface area contributed by atoms with Crippen molar-refractivity contribution in [2.75, 3.05) is 6.54 Å². The zero-order valence-corrected chi connectivity index (χ0v) is 11.2. The zero-order valence-electron chi connectivity index (χ0n) is 11.2. The Morgan fingerprint density at radius 1 is 1.38 bits per heavy atom. The summed E-state index contributed by atoms with van der Waals surface area (Å²) in [5.74, 6) is -0.353. The average molecular weight is 292 g/mol. The number of aliphatic carboxylic acids is 1. The molecule has 9 nitrogen and oxygen atoms in total. The highest BCUT2D eigenvalue weighted by Gasteiger charge is 2.20. The van der Waals surface area contributed by atoms with Gasteiger partial charge in [0.05, 0.1) is 6.33 Å². The van der Waals surface area contributed by atoms with Crippen LogP contribution >= 0.6 is 0 Å². The number of carboxylic acid groups (broad SMARTS) is 1. The normalized spacial score (nSPS) is 11.8. The first-order chi connectivity index (χ1) is 10.1. The topological polar surface area (TPSA) is 136 Å². The van der Waals surface area contributed by atoms with E-state index in [1.165, 1.54) is 12.5 Å². The van der Waals surface area contributed by atoms with Gasteiger partial charge in [-0.2, -0.15) is 0 Å². The van der Waals surface area contributed by atoms with E-state index < -0.39 is 18.0 Å². The summed E-state index contributed by atoms with van der Waals surface area (Å²) < 4.78 is 0. The third-order valence-electron chi connectivity index (χ3n) is 2.78. The van der Waals surface area contributed by atoms with Gasteiger partial charge in [-0.3, -0.25) is 0 Å². The van der Waals surface area contributed by atoms with Gasteiger partial charge in [-0.1, -0.05) is 0 Å². The van der Waals surface area contributed by atoms with Crippen LogP contribution in [-0.4, -0.2) is 49.6 Å². The van der Waals surface area contributed by atoms with Crippen LogP contribution in [-0.2, 0) is 17.6 Å². The Morgan fingerprint density at radius 2 is 2.24 bits per heavy atom. The van der Waals surface area contributed by atoms with Crippen molar-refractivity contribution in [1.82, 2.24) is 30.6 Å². The molecule has 21 heavy (non-hydrogen) atoms. The number of amides is 2. The predicted molar refractivity (Wildman–Crippen MR) is 72.5 cm³/mol. The van der Waals surface area contributed by atoms with Gasteiger partial charge in [-0.05, 0) is 0 Å². The van der Waals surface area contributed by atoms with Crippen molar-refractivity contribution in [2.45, 2.75) is 18.9 Å². The molecule has 1 atom stereocenters. The van der Waals surface area contributed by atoms with Crippen molar-refractivity contribution in [3.63, 3.8) is 0 Å². The van der Waals surface area contributed by atoms with Crippen LogP contribution in [0.1, 0.15) is 11.5 Å². The molecule has 0 unspecified atom stereocenters. The first-order valence-electron chi connectivity index (χ1n) is 6.38. The first kappa shape index (κ1) is 14.6. The van der Waals surface area contributed by atoms with E-state index in [0.717, 1.165) is 5.82 Å². The van der Waals surface area contributed by atoms with Crippen molar-refractivity contribution in [1.29, 1.82) is 0 Å². The standard InChI is InChI=1S/C12H16N6O3/c19-11(20)9(5-8-6-13-7-17-8)18-12(21)16-2-1-10-14-3-4-15-10/h3-4,6-7,9H,1-2,5H2,(H,13,17)(H,14,15)(H,19,20)(H2,16,18,21)/t9-/m1/s1. The second kappa shape index (κ2) is 7.08. The van der Waals surface area contributed by atoms with E-state index >= 15 is 0 Å². The molecule has 2 aromatic heterocycles. The lowest BCUT2D eigenvalue weighted by molar-refractivity contribution is -0.139. The quantitative estimate of drug-likeness (QED) is 0.476. The number of aromatic amines is 2.